The van der Waals surface area contributed by atoms with E-state index in [0.717, 1.165) is 16.9 Å². The number of hydrogen-bond donors (Lipinski definition) is 3. The molecular formula is C19H17ClN4OS. The van der Waals surface area contributed by atoms with E-state index in [1.165, 1.54) is 0 Å². The molecule has 132 valence electrons. The molecule has 5 nitrogen and oxygen atoms in total. The lowest BCUT2D eigenvalue weighted by Gasteiger charge is -2.13. The number of anilines is 1. The van der Waals surface area contributed by atoms with E-state index in [9.17, 15) is 4.79 Å². The van der Waals surface area contributed by atoms with Crippen molar-refractivity contribution >= 4 is 40.5 Å². The Bertz CT molecular complexity index is 940. The molecule has 0 saturated carbocycles. The number of rotatable bonds is 3. The standard InChI is InChI=1S/C19H17ClN4OS/c1-24-16(14-9-5-6-10-15(14)20)11-12-17(24)18(25)22-23-19(26)21-13-7-3-2-4-8-13/h2-12H,1H3,(H,22,25)(H2,21,23,26). The van der Waals surface area contributed by atoms with Gasteiger partial charge in [-0.2, -0.15) is 0 Å². The number of hydrogen-bond acceptors (Lipinski definition) is 2. The highest BCUT2D eigenvalue weighted by Crippen LogP contribution is 2.28. The fourth-order valence-corrected chi connectivity index (χ4v) is 2.94. The van der Waals surface area contributed by atoms with Gasteiger partial charge in [-0.1, -0.05) is 48.0 Å². The molecule has 0 saturated heterocycles. The minimum Gasteiger partial charge on any atom is -0.340 e. The van der Waals surface area contributed by atoms with E-state index in [0.29, 0.717) is 15.8 Å². The van der Waals surface area contributed by atoms with E-state index in [-0.39, 0.29) is 5.91 Å². The van der Waals surface area contributed by atoms with Crippen LogP contribution in [0.1, 0.15) is 10.5 Å². The predicted molar refractivity (Wildman–Crippen MR) is 109 cm³/mol. The number of halogens is 1. The zero-order valence-electron chi connectivity index (χ0n) is 14.0. The number of thiocarbonyl (C=S) groups is 1. The molecule has 0 fully saturated rings. The molecule has 1 aromatic heterocycles. The molecule has 2 aromatic carbocycles. The van der Waals surface area contributed by atoms with Crippen LogP contribution in [-0.2, 0) is 7.05 Å². The highest BCUT2D eigenvalue weighted by Gasteiger charge is 2.15. The third-order valence-corrected chi connectivity index (χ3v) is 4.36. The van der Waals surface area contributed by atoms with Crippen molar-refractivity contribution in [3.05, 3.63) is 77.4 Å². The lowest BCUT2D eigenvalue weighted by atomic mass is 10.1. The second kappa shape index (κ2) is 8.03. The van der Waals surface area contributed by atoms with Crippen molar-refractivity contribution in [1.29, 1.82) is 0 Å². The van der Waals surface area contributed by atoms with Crippen molar-refractivity contribution in [2.45, 2.75) is 0 Å². The Morgan fingerprint density at radius 3 is 2.38 bits per heavy atom. The summed E-state index contributed by atoms with van der Waals surface area (Å²) in [5.74, 6) is -0.303. The van der Waals surface area contributed by atoms with Gasteiger partial charge in [-0.05, 0) is 42.5 Å². The van der Waals surface area contributed by atoms with Crippen LogP contribution in [0.15, 0.2) is 66.7 Å². The largest absolute Gasteiger partial charge is 0.340 e. The number of hydrazine groups is 1. The van der Waals surface area contributed by atoms with Crippen LogP contribution in [0.5, 0.6) is 0 Å². The molecule has 7 heteroatoms. The van der Waals surface area contributed by atoms with Crippen molar-refractivity contribution in [1.82, 2.24) is 15.4 Å². The quantitative estimate of drug-likeness (QED) is 0.472. The van der Waals surface area contributed by atoms with Crippen LogP contribution in [0, 0.1) is 0 Å². The maximum Gasteiger partial charge on any atom is 0.286 e. The van der Waals surface area contributed by atoms with Crippen LogP contribution in [0.4, 0.5) is 5.69 Å². The number of nitrogens with zero attached hydrogens (tertiary/aromatic N) is 1. The monoisotopic (exact) mass is 384 g/mol. The van der Waals surface area contributed by atoms with Gasteiger partial charge in [0.15, 0.2) is 5.11 Å². The second-order valence-corrected chi connectivity index (χ2v) is 6.36. The summed E-state index contributed by atoms with van der Waals surface area (Å²) in [7, 11) is 1.81. The molecule has 1 heterocycles. The number of nitrogens with one attached hydrogen (secondary N) is 3. The maximum absolute atomic E-state index is 12.4. The van der Waals surface area contributed by atoms with Crippen molar-refractivity contribution in [3.8, 4) is 11.3 Å². The molecule has 3 aromatic rings. The normalized spacial score (nSPS) is 10.2. The van der Waals surface area contributed by atoms with Gasteiger partial charge in [0.25, 0.3) is 5.91 Å². The minimum atomic E-state index is -0.303. The lowest BCUT2D eigenvalue weighted by Crippen LogP contribution is -2.44. The van der Waals surface area contributed by atoms with Crippen LogP contribution < -0.4 is 16.2 Å². The summed E-state index contributed by atoms with van der Waals surface area (Å²) in [6, 6.07) is 20.6. The topological polar surface area (TPSA) is 58.1 Å². The first-order chi connectivity index (χ1) is 12.6. The minimum absolute atomic E-state index is 0.296. The fourth-order valence-electron chi connectivity index (χ4n) is 2.54. The lowest BCUT2D eigenvalue weighted by molar-refractivity contribution is 0.0936. The highest BCUT2D eigenvalue weighted by molar-refractivity contribution is 7.80. The summed E-state index contributed by atoms with van der Waals surface area (Å²) < 4.78 is 1.78. The SMILES string of the molecule is Cn1c(C(=O)NNC(=S)Nc2ccccc2)ccc1-c1ccccc1Cl. The smallest absolute Gasteiger partial charge is 0.286 e. The summed E-state index contributed by atoms with van der Waals surface area (Å²) in [5, 5.41) is 3.91. The average molecular weight is 385 g/mol. The second-order valence-electron chi connectivity index (χ2n) is 5.54. The van der Waals surface area contributed by atoms with Crippen LogP contribution in [0.3, 0.4) is 0 Å². The predicted octanol–water partition coefficient (Wildman–Crippen LogP) is 3.98. The Kier molecular flexibility index (Phi) is 5.55. The Morgan fingerprint density at radius 2 is 1.65 bits per heavy atom. The van der Waals surface area contributed by atoms with Crippen molar-refractivity contribution in [2.75, 3.05) is 5.32 Å². The van der Waals surface area contributed by atoms with Gasteiger partial charge in [0, 0.05) is 29.0 Å². The van der Waals surface area contributed by atoms with Gasteiger partial charge in [-0.25, -0.2) is 0 Å². The summed E-state index contributed by atoms with van der Waals surface area (Å²) >= 11 is 11.4. The zero-order chi connectivity index (χ0) is 18.5. The van der Waals surface area contributed by atoms with E-state index >= 15 is 0 Å². The molecule has 0 bridgehead atoms. The molecule has 0 spiro atoms. The van der Waals surface area contributed by atoms with Crippen LogP contribution in [0.2, 0.25) is 5.02 Å². The molecular weight excluding hydrogens is 368 g/mol. The van der Waals surface area contributed by atoms with Crippen LogP contribution in [0.25, 0.3) is 11.3 Å². The Morgan fingerprint density at radius 1 is 0.962 bits per heavy atom. The fraction of sp³-hybridized carbons (Fsp3) is 0.0526. The number of amides is 1. The maximum atomic E-state index is 12.4. The number of carbonyl (C=O) groups is 1. The third-order valence-electron chi connectivity index (χ3n) is 3.83. The molecule has 0 radical (unpaired) electrons. The molecule has 0 atom stereocenters. The molecule has 0 aliphatic heterocycles. The van der Waals surface area contributed by atoms with Crippen molar-refractivity contribution in [3.63, 3.8) is 0 Å². The van der Waals surface area contributed by atoms with E-state index in [4.69, 9.17) is 23.8 Å². The van der Waals surface area contributed by atoms with Crippen molar-refractivity contribution in [2.24, 2.45) is 7.05 Å². The highest BCUT2D eigenvalue weighted by atomic mass is 35.5. The van der Waals surface area contributed by atoms with Crippen LogP contribution in [-0.4, -0.2) is 15.6 Å². The number of aromatic nitrogens is 1. The number of carbonyl (C=O) groups excluding carboxylic acids is 1. The van der Waals surface area contributed by atoms with Gasteiger partial charge in [0.05, 0.1) is 0 Å². The molecule has 0 unspecified atom stereocenters. The summed E-state index contributed by atoms with van der Waals surface area (Å²) in [5.41, 5.74) is 8.32. The first-order valence-electron chi connectivity index (χ1n) is 7.89. The zero-order valence-corrected chi connectivity index (χ0v) is 15.6. The average Bonchev–Trinajstić information content (AvgIpc) is 3.02. The van der Waals surface area contributed by atoms with Crippen molar-refractivity contribution < 1.29 is 4.79 Å². The first kappa shape index (κ1) is 18.0. The molecule has 1 amide bonds. The molecule has 3 N–H and O–H groups in total. The Balaban J connectivity index is 1.66. The number of para-hydroxylation sites is 1. The summed E-state index contributed by atoms with van der Waals surface area (Å²) in [6.45, 7) is 0. The van der Waals surface area contributed by atoms with Gasteiger partial charge in [-0.15, -0.1) is 0 Å². The Hall–Kier alpha value is -2.83. The number of benzene rings is 2. The van der Waals surface area contributed by atoms with Gasteiger partial charge in [0.2, 0.25) is 0 Å². The van der Waals surface area contributed by atoms with E-state index < -0.39 is 0 Å². The molecule has 0 aliphatic carbocycles. The summed E-state index contributed by atoms with van der Waals surface area (Å²) in [6.07, 6.45) is 0. The third kappa shape index (κ3) is 4.04. The van der Waals surface area contributed by atoms with Gasteiger partial charge in [0.1, 0.15) is 5.69 Å². The van der Waals surface area contributed by atoms with Gasteiger partial charge >= 0.3 is 0 Å². The molecule has 0 aliphatic rings. The van der Waals surface area contributed by atoms with Gasteiger partial charge in [-0.3, -0.25) is 15.6 Å². The van der Waals surface area contributed by atoms with E-state index in [1.807, 2.05) is 67.7 Å². The Labute approximate surface area is 162 Å². The van der Waals surface area contributed by atoms with Gasteiger partial charge < -0.3 is 9.88 Å². The van der Waals surface area contributed by atoms with Crippen LogP contribution >= 0.6 is 23.8 Å². The molecule has 26 heavy (non-hydrogen) atoms. The van der Waals surface area contributed by atoms with E-state index in [1.54, 1.807) is 10.6 Å². The molecule has 3 rings (SSSR count). The van der Waals surface area contributed by atoms with E-state index in [2.05, 4.69) is 16.2 Å². The first-order valence-corrected chi connectivity index (χ1v) is 8.68. The summed E-state index contributed by atoms with van der Waals surface area (Å²) in [4.78, 5) is 12.4.